The molecule has 0 amide bonds. The van der Waals surface area contributed by atoms with Crippen LogP contribution in [0.3, 0.4) is 0 Å². The van der Waals surface area contributed by atoms with Gasteiger partial charge < -0.3 is 5.11 Å². The van der Waals surface area contributed by atoms with Crippen molar-refractivity contribution in [3.63, 3.8) is 0 Å². The minimum absolute atomic E-state index is 0.112. The van der Waals surface area contributed by atoms with Gasteiger partial charge in [0.05, 0.1) is 28.7 Å². The van der Waals surface area contributed by atoms with E-state index in [0.29, 0.717) is 28.2 Å². The minimum Gasteiger partial charge on any atom is -0.381 e. The van der Waals surface area contributed by atoms with Gasteiger partial charge in [-0.25, -0.2) is 18.4 Å². The lowest BCUT2D eigenvalue weighted by Crippen LogP contribution is -2.41. The van der Waals surface area contributed by atoms with E-state index in [1.165, 1.54) is 40.2 Å². The Labute approximate surface area is 203 Å². The maximum atomic E-state index is 15.1. The first kappa shape index (κ1) is 23.2. The van der Waals surface area contributed by atoms with Crippen LogP contribution in [0.15, 0.2) is 79.4 Å². The first-order valence-corrected chi connectivity index (χ1v) is 11.0. The Hall–Kier alpha value is -4.51. The number of hydrogen-bond donors (Lipinski definition) is 1. The van der Waals surface area contributed by atoms with Gasteiger partial charge in [0.2, 0.25) is 0 Å². The van der Waals surface area contributed by atoms with Gasteiger partial charge in [0, 0.05) is 34.7 Å². The topological polar surface area (TPSA) is 112 Å². The number of hydrogen-bond acceptors (Lipinski definition) is 6. The van der Waals surface area contributed by atoms with E-state index in [0.717, 1.165) is 6.07 Å². The van der Waals surface area contributed by atoms with Crippen LogP contribution in [0.4, 0.5) is 14.5 Å². The van der Waals surface area contributed by atoms with Gasteiger partial charge in [-0.15, -0.1) is 0 Å². The summed E-state index contributed by atoms with van der Waals surface area (Å²) < 4.78 is 31.7. The van der Waals surface area contributed by atoms with Crippen molar-refractivity contribution >= 4 is 16.6 Å². The van der Waals surface area contributed by atoms with Crippen LogP contribution < -0.4 is 0 Å². The highest BCUT2D eigenvalue weighted by atomic mass is 19.1. The van der Waals surface area contributed by atoms with Gasteiger partial charge in [-0.1, -0.05) is 36.4 Å². The fourth-order valence-corrected chi connectivity index (χ4v) is 4.43. The third kappa shape index (κ3) is 3.99. The van der Waals surface area contributed by atoms with Gasteiger partial charge in [0.1, 0.15) is 29.9 Å². The predicted octanol–water partition coefficient (Wildman–Crippen LogP) is 4.63. The number of nitro groups is 1. The lowest BCUT2D eigenvalue weighted by atomic mass is 9.86. The van der Waals surface area contributed by atoms with Crippen LogP contribution in [0, 0.1) is 21.7 Å². The molecular formula is C25H20F2N6O3. The normalized spacial score (nSPS) is 14.0. The molecule has 0 fully saturated rings. The number of halogens is 2. The summed E-state index contributed by atoms with van der Waals surface area (Å²) in [5.41, 5.74) is -0.665. The highest BCUT2D eigenvalue weighted by molar-refractivity contribution is 5.93. The van der Waals surface area contributed by atoms with Crippen molar-refractivity contribution in [2.45, 2.75) is 25.1 Å². The molecule has 0 aliphatic carbocycles. The van der Waals surface area contributed by atoms with Crippen LogP contribution in [0.1, 0.15) is 18.5 Å². The summed E-state index contributed by atoms with van der Waals surface area (Å²) in [7, 11) is 0. The number of fused-ring (bicyclic) bond motifs is 1. The summed E-state index contributed by atoms with van der Waals surface area (Å²) >= 11 is 0. The fourth-order valence-electron chi connectivity index (χ4n) is 4.43. The average molecular weight is 490 g/mol. The van der Waals surface area contributed by atoms with Crippen LogP contribution in [0.25, 0.3) is 22.2 Å². The maximum Gasteiger partial charge on any atom is 0.270 e. The second-order valence-electron chi connectivity index (χ2n) is 8.44. The van der Waals surface area contributed by atoms with E-state index >= 15 is 4.39 Å². The molecule has 0 saturated carbocycles. The summed E-state index contributed by atoms with van der Waals surface area (Å²) in [6.45, 7) is 1.42. The molecule has 5 aromatic rings. The highest BCUT2D eigenvalue weighted by Crippen LogP contribution is 2.41. The second-order valence-corrected chi connectivity index (χ2v) is 8.44. The summed E-state index contributed by atoms with van der Waals surface area (Å²) in [6, 6.07) is 15.3. The van der Waals surface area contributed by atoms with Crippen LogP contribution in [0.2, 0.25) is 0 Å². The van der Waals surface area contributed by atoms with Gasteiger partial charge in [-0.3, -0.25) is 14.8 Å². The van der Waals surface area contributed by atoms with Crippen molar-refractivity contribution in [3.8, 4) is 11.3 Å². The zero-order chi connectivity index (χ0) is 25.4. The molecule has 9 nitrogen and oxygen atoms in total. The Balaban J connectivity index is 1.74. The van der Waals surface area contributed by atoms with Gasteiger partial charge in [-0.2, -0.15) is 10.2 Å². The van der Waals surface area contributed by atoms with Crippen LogP contribution in [-0.4, -0.2) is 34.6 Å². The Morgan fingerprint density at radius 1 is 1.11 bits per heavy atom. The lowest BCUT2D eigenvalue weighted by Gasteiger charge is -2.35. The van der Waals surface area contributed by atoms with Crippen molar-refractivity contribution in [3.05, 3.63) is 107 Å². The Morgan fingerprint density at radius 2 is 1.92 bits per heavy atom. The van der Waals surface area contributed by atoms with Gasteiger partial charge in [-0.05, 0) is 19.1 Å². The molecule has 0 aliphatic rings. The highest BCUT2D eigenvalue weighted by Gasteiger charge is 2.42. The molecule has 2 heterocycles. The van der Waals surface area contributed by atoms with Crippen LogP contribution >= 0.6 is 0 Å². The Kier molecular flexibility index (Phi) is 5.77. The summed E-state index contributed by atoms with van der Waals surface area (Å²) in [5, 5.41) is 32.9. The molecule has 0 spiro atoms. The number of aromatic nitrogens is 5. The first-order chi connectivity index (χ1) is 17.3. The van der Waals surface area contributed by atoms with Crippen LogP contribution in [0.5, 0.6) is 0 Å². The molecule has 0 saturated heterocycles. The molecule has 5 rings (SSSR count). The van der Waals surface area contributed by atoms with Crippen molar-refractivity contribution in [1.29, 1.82) is 0 Å². The molecule has 0 aliphatic heterocycles. The maximum absolute atomic E-state index is 15.1. The van der Waals surface area contributed by atoms with Crippen LogP contribution in [-0.2, 0) is 12.1 Å². The zero-order valence-corrected chi connectivity index (χ0v) is 19.0. The third-order valence-corrected chi connectivity index (χ3v) is 6.26. The van der Waals surface area contributed by atoms with E-state index in [9.17, 15) is 19.6 Å². The van der Waals surface area contributed by atoms with Gasteiger partial charge in [0.15, 0.2) is 0 Å². The molecule has 0 bridgehead atoms. The quantitative estimate of drug-likeness (QED) is 0.263. The lowest BCUT2D eigenvalue weighted by molar-refractivity contribution is -0.384. The van der Waals surface area contributed by atoms with Crippen molar-refractivity contribution in [2.24, 2.45) is 0 Å². The molecule has 0 unspecified atom stereocenters. The molecule has 2 aromatic heterocycles. The smallest absolute Gasteiger partial charge is 0.270 e. The largest absolute Gasteiger partial charge is 0.381 e. The Bertz CT molecular complexity index is 1570. The van der Waals surface area contributed by atoms with E-state index in [4.69, 9.17) is 0 Å². The summed E-state index contributed by atoms with van der Waals surface area (Å²) in [4.78, 5) is 14.8. The number of aliphatic hydroxyl groups is 1. The number of nitro benzene ring substituents is 1. The van der Waals surface area contributed by atoms with Gasteiger partial charge in [0.25, 0.3) is 5.69 Å². The fraction of sp³-hybridized carbons (Fsp3) is 0.160. The SMILES string of the molecule is C[C@@H](n1nc2ccccc2c1-c1cccc([N+](=O)[O-])c1)[C@](O)(Cn1cncn1)c1ccc(F)cc1F. The van der Waals surface area contributed by atoms with E-state index in [-0.39, 0.29) is 17.8 Å². The van der Waals surface area contributed by atoms with Gasteiger partial charge >= 0.3 is 0 Å². The van der Waals surface area contributed by atoms with Crippen molar-refractivity contribution in [2.75, 3.05) is 0 Å². The average Bonchev–Trinajstić information content (AvgIpc) is 3.51. The number of benzene rings is 3. The van der Waals surface area contributed by atoms with Crippen molar-refractivity contribution < 1.29 is 18.8 Å². The number of non-ortho nitro benzene ring substituents is 1. The molecule has 2 atom stereocenters. The van der Waals surface area contributed by atoms with E-state index in [1.54, 1.807) is 37.3 Å². The number of nitrogens with zero attached hydrogens (tertiary/aromatic N) is 6. The summed E-state index contributed by atoms with van der Waals surface area (Å²) in [6.07, 6.45) is 2.66. The standard InChI is InChI=1S/C25H20F2N6O3/c1-16(25(34,13-31-15-28-14-29-31)21-10-9-18(26)12-22(21)27)32-24(20-7-2-3-8-23(20)30-32)17-5-4-6-19(11-17)33(35)36/h2-12,14-16,34H,13H2,1H3/t16-,25-/m1/s1. The molecule has 3 aromatic carbocycles. The molecular weight excluding hydrogens is 470 g/mol. The van der Waals surface area contributed by atoms with E-state index in [1.807, 2.05) is 6.07 Å². The number of rotatable bonds is 7. The van der Waals surface area contributed by atoms with E-state index in [2.05, 4.69) is 15.2 Å². The zero-order valence-electron chi connectivity index (χ0n) is 19.0. The molecule has 182 valence electrons. The minimum atomic E-state index is -1.97. The molecule has 0 radical (unpaired) electrons. The predicted molar refractivity (Wildman–Crippen MR) is 127 cm³/mol. The molecule has 11 heteroatoms. The molecule has 36 heavy (non-hydrogen) atoms. The van der Waals surface area contributed by atoms with E-state index < -0.39 is 28.2 Å². The first-order valence-electron chi connectivity index (χ1n) is 11.0. The van der Waals surface area contributed by atoms with Crippen molar-refractivity contribution in [1.82, 2.24) is 24.5 Å². The Morgan fingerprint density at radius 3 is 2.64 bits per heavy atom. The molecule has 1 N–H and O–H groups in total. The second kappa shape index (κ2) is 8.93. The monoisotopic (exact) mass is 490 g/mol. The summed E-state index contributed by atoms with van der Waals surface area (Å²) in [5.74, 6) is -1.72. The third-order valence-electron chi connectivity index (χ3n) is 6.26.